The highest BCUT2D eigenvalue weighted by molar-refractivity contribution is 5.96. The first-order chi connectivity index (χ1) is 23.5. The molecule has 0 atom stereocenters. The molecule has 5 nitrogen and oxygen atoms in total. The predicted molar refractivity (Wildman–Crippen MR) is 195 cm³/mol. The fraction of sp³-hybridized carbons (Fsp3) is 0.116. The van der Waals surface area contributed by atoms with Crippen LogP contribution in [-0.4, -0.2) is 24.7 Å². The highest BCUT2D eigenvalue weighted by Crippen LogP contribution is 2.51. The zero-order chi connectivity index (χ0) is 32.2. The third kappa shape index (κ3) is 4.62. The van der Waals surface area contributed by atoms with Crippen molar-refractivity contribution in [2.24, 2.45) is 0 Å². The second kappa shape index (κ2) is 11.1. The molecular weight excluding hydrogens is 587 g/mol. The maximum Gasteiger partial charge on any atom is 0.164 e. The van der Waals surface area contributed by atoms with Crippen LogP contribution >= 0.6 is 0 Å². The molecule has 230 valence electrons. The van der Waals surface area contributed by atoms with Gasteiger partial charge in [0.05, 0.1) is 17.4 Å². The summed E-state index contributed by atoms with van der Waals surface area (Å²) in [5.41, 5.74) is 12.6. The van der Waals surface area contributed by atoms with E-state index < -0.39 is 0 Å². The van der Waals surface area contributed by atoms with Gasteiger partial charge in [0, 0.05) is 27.5 Å². The Kier molecular flexibility index (Phi) is 6.54. The molecule has 0 spiro atoms. The average Bonchev–Trinajstić information content (AvgIpc) is 3.68. The maximum atomic E-state index is 4.96. The summed E-state index contributed by atoms with van der Waals surface area (Å²) in [6.07, 6.45) is 10.6. The fourth-order valence-electron chi connectivity index (χ4n) is 7.37. The lowest BCUT2D eigenvalue weighted by Gasteiger charge is -2.22. The third-order valence-electron chi connectivity index (χ3n) is 9.76. The lowest BCUT2D eigenvalue weighted by Crippen LogP contribution is -2.15. The van der Waals surface area contributed by atoms with Crippen molar-refractivity contribution < 1.29 is 0 Å². The summed E-state index contributed by atoms with van der Waals surface area (Å²) in [4.78, 5) is 14.8. The third-order valence-corrected chi connectivity index (χ3v) is 9.76. The molecule has 0 aliphatic heterocycles. The van der Waals surface area contributed by atoms with Crippen LogP contribution in [0.5, 0.6) is 0 Å². The number of nitrogens with zero attached hydrogens (tertiary/aromatic N) is 5. The van der Waals surface area contributed by atoms with E-state index in [9.17, 15) is 0 Å². The van der Waals surface area contributed by atoms with E-state index in [1.807, 2.05) is 36.5 Å². The van der Waals surface area contributed by atoms with Crippen molar-refractivity contribution in [3.05, 3.63) is 157 Å². The van der Waals surface area contributed by atoms with Crippen molar-refractivity contribution in [2.45, 2.75) is 32.1 Å². The van der Waals surface area contributed by atoms with E-state index in [-0.39, 0.29) is 5.41 Å². The summed E-state index contributed by atoms with van der Waals surface area (Å²) in [5.74, 6) is 2.04. The van der Waals surface area contributed by atoms with Crippen molar-refractivity contribution in [3.8, 4) is 50.7 Å². The highest BCUT2D eigenvalue weighted by atomic mass is 15.3. The molecule has 0 unspecified atom stereocenters. The smallest absolute Gasteiger partial charge is 0.164 e. The first-order valence-corrected chi connectivity index (χ1v) is 16.6. The molecule has 2 aliphatic carbocycles. The molecule has 0 saturated carbocycles. The Labute approximate surface area is 280 Å². The Hall–Kier alpha value is -5.94. The fourth-order valence-corrected chi connectivity index (χ4v) is 7.37. The van der Waals surface area contributed by atoms with Crippen LogP contribution in [0.15, 0.2) is 140 Å². The second-order valence-electron chi connectivity index (χ2n) is 13.1. The van der Waals surface area contributed by atoms with Gasteiger partial charge in [0.25, 0.3) is 0 Å². The molecule has 0 bridgehead atoms. The summed E-state index contributed by atoms with van der Waals surface area (Å²) >= 11 is 0. The Morgan fingerprint density at radius 1 is 0.604 bits per heavy atom. The van der Waals surface area contributed by atoms with Crippen LogP contribution in [0.2, 0.25) is 0 Å². The normalized spacial score (nSPS) is 14.5. The van der Waals surface area contributed by atoms with Gasteiger partial charge in [-0.2, -0.15) is 5.10 Å². The molecule has 0 fully saturated rings. The maximum absolute atomic E-state index is 4.96. The minimum Gasteiger partial charge on any atom is -0.233 e. The van der Waals surface area contributed by atoms with Gasteiger partial charge in [0.1, 0.15) is 0 Å². The van der Waals surface area contributed by atoms with Gasteiger partial charge in [-0.15, -0.1) is 0 Å². The second-order valence-corrected chi connectivity index (χ2v) is 13.1. The van der Waals surface area contributed by atoms with E-state index in [0.717, 1.165) is 51.9 Å². The summed E-state index contributed by atoms with van der Waals surface area (Å²) in [6.45, 7) is 4.64. The minimum atomic E-state index is -0.0840. The van der Waals surface area contributed by atoms with Gasteiger partial charge in [0.2, 0.25) is 0 Å². The van der Waals surface area contributed by atoms with E-state index in [0.29, 0.717) is 17.5 Å². The van der Waals surface area contributed by atoms with Gasteiger partial charge >= 0.3 is 0 Å². The molecule has 0 amide bonds. The lowest BCUT2D eigenvalue weighted by atomic mass is 9.81. The topological polar surface area (TPSA) is 56.5 Å². The molecule has 2 heterocycles. The van der Waals surface area contributed by atoms with Crippen molar-refractivity contribution >= 4 is 16.5 Å². The summed E-state index contributed by atoms with van der Waals surface area (Å²) in [5, 5.41) is 6.10. The van der Waals surface area contributed by atoms with Crippen LogP contribution in [0.1, 0.15) is 43.6 Å². The summed E-state index contributed by atoms with van der Waals surface area (Å²) in [7, 11) is 0. The molecule has 0 radical (unpaired) electrons. The molecule has 5 heteroatoms. The molecule has 7 aromatic rings. The van der Waals surface area contributed by atoms with Crippen molar-refractivity contribution in [1.82, 2.24) is 24.7 Å². The Balaban J connectivity index is 1.07. The van der Waals surface area contributed by atoms with Gasteiger partial charge in [-0.05, 0) is 70.5 Å². The number of benzene rings is 5. The van der Waals surface area contributed by atoms with E-state index in [1.165, 1.54) is 27.6 Å². The molecule has 9 rings (SSSR count). The largest absolute Gasteiger partial charge is 0.233 e. The molecule has 0 N–H and O–H groups in total. The van der Waals surface area contributed by atoms with E-state index in [1.54, 1.807) is 0 Å². The quantitative estimate of drug-likeness (QED) is 0.192. The lowest BCUT2D eigenvalue weighted by molar-refractivity contribution is 0.666. The summed E-state index contributed by atoms with van der Waals surface area (Å²) in [6, 6.07) is 40.5. The average molecular weight is 620 g/mol. The van der Waals surface area contributed by atoms with E-state index in [2.05, 4.69) is 122 Å². The van der Waals surface area contributed by atoms with Crippen LogP contribution < -0.4 is 0 Å². The zero-order valence-electron chi connectivity index (χ0n) is 26.9. The van der Waals surface area contributed by atoms with Crippen molar-refractivity contribution in [2.75, 3.05) is 0 Å². The molecule has 48 heavy (non-hydrogen) atoms. The molecular formula is C43H33N5. The standard InChI is InChI=1S/C43H33N5/c1-43(2)37-19-10-9-18-34(37)35-24-25-38-36(39(35)43)27-44-48(38)33-22-20-28(21-23-33)31-16-11-17-32(26-31)42-46-40(29-12-5-3-6-13-29)45-41(47-42)30-14-7-4-8-15-30/h3,5-7,9-27H,4,8H2,1-2H3. The molecule has 2 aliphatic rings. The number of hydrogen-bond acceptors (Lipinski definition) is 4. The van der Waals surface area contributed by atoms with Gasteiger partial charge in [-0.1, -0.05) is 123 Å². The highest BCUT2D eigenvalue weighted by Gasteiger charge is 2.37. The molecule has 5 aromatic carbocycles. The van der Waals surface area contributed by atoms with Crippen LogP contribution in [0.25, 0.3) is 67.2 Å². The van der Waals surface area contributed by atoms with Crippen LogP contribution in [-0.2, 0) is 5.41 Å². The number of fused-ring (bicyclic) bond motifs is 5. The van der Waals surface area contributed by atoms with E-state index >= 15 is 0 Å². The van der Waals surface area contributed by atoms with Crippen LogP contribution in [0, 0.1) is 0 Å². The number of rotatable bonds is 5. The monoisotopic (exact) mass is 619 g/mol. The number of allylic oxidation sites excluding steroid dienone is 4. The number of aromatic nitrogens is 5. The van der Waals surface area contributed by atoms with E-state index in [4.69, 9.17) is 20.1 Å². The Morgan fingerprint density at radius 3 is 2.15 bits per heavy atom. The molecule has 2 aromatic heterocycles. The van der Waals surface area contributed by atoms with Crippen LogP contribution in [0.3, 0.4) is 0 Å². The molecule has 0 saturated heterocycles. The summed E-state index contributed by atoms with van der Waals surface area (Å²) < 4.78 is 2.06. The SMILES string of the molecule is CC1(C)c2ccccc2-c2ccc3c(cnn3-c3ccc(-c4cccc(-c5nc(C6=CCCC=C6)nc(-c6ccccc6)n5)c4)cc3)c21. The Bertz CT molecular complexity index is 2410. The first-order valence-electron chi connectivity index (χ1n) is 16.6. The predicted octanol–water partition coefficient (Wildman–Crippen LogP) is 10.3. The zero-order valence-corrected chi connectivity index (χ0v) is 26.9. The van der Waals surface area contributed by atoms with Crippen molar-refractivity contribution in [3.63, 3.8) is 0 Å². The van der Waals surface area contributed by atoms with Crippen molar-refractivity contribution in [1.29, 1.82) is 0 Å². The van der Waals surface area contributed by atoms with Crippen LogP contribution in [0.4, 0.5) is 0 Å². The minimum absolute atomic E-state index is 0.0840. The van der Waals surface area contributed by atoms with Gasteiger partial charge in [-0.3, -0.25) is 0 Å². The van der Waals surface area contributed by atoms with Gasteiger partial charge < -0.3 is 0 Å². The Morgan fingerprint density at radius 2 is 1.33 bits per heavy atom. The van der Waals surface area contributed by atoms with Gasteiger partial charge in [-0.25, -0.2) is 19.6 Å². The first kappa shape index (κ1) is 28.3. The number of hydrogen-bond donors (Lipinski definition) is 0. The van der Waals surface area contributed by atoms with Gasteiger partial charge in [0.15, 0.2) is 17.5 Å².